The van der Waals surface area contributed by atoms with Crippen molar-refractivity contribution in [2.24, 2.45) is 0 Å². The largest absolute Gasteiger partial charge is 0.445 e. The van der Waals surface area contributed by atoms with E-state index in [9.17, 15) is 0 Å². The molecule has 1 aliphatic carbocycles. The Hall–Kier alpha value is -2.07. The molecule has 0 saturated carbocycles. The van der Waals surface area contributed by atoms with Crippen LogP contribution >= 0.6 is 0 Å². The van der Waals surface area contributed by atoms with Crippen molar-refractivity contribution < 1.29 is 4.42 Å². The third kappa shape index (κ3) is 2.55. The lowest BCUT2D eigenvalue weighted by molar-refractivity contribution is 0.192. The number of benzene rings is 1. The summed E-state index contributed by atoms with van der Waals surface area (Å²) in [5.74, 6) is 0.734. The first-order chi connectivity index (χ1) is 11.8. The highest BCUT2D eigenvalue weighted by Crippen LogP contribution is 2.37. The average molecular weight is 323 g/mol. The van der Waals surface area contributed by atoms with Gasteiger partial charge in [0.2, 0.25) is 5.89 Å². The fourth-order valence-electron chi connectivity index (χ4n) is 4.17. The molecule has 4 nitrogen and oxygen atoms in total. The summed E-state index contributed by atoms with van der Waals surface area (Å²) in [6, 6.07) is 4.86. The Morgan fingerprint density at radius 2 is 2.04 bits per heavy atom. The van der Waals surface area contributed by atoms with E-state index in [1.807, 2.05) is 0 Å². The van der Waals surface area contributed by atoms with Crippen LogP contribution in [0.5, 0.6) is 0 Å². The first-order valence-corrected chi connectivity index (χ1v) is 9.07. The molecule has 0 fully saturated rings. The second-order valence-corrected chi connectivity index (χ2v) is 6.76. The second-order valence-electron chi connectivity index (χ2n) is 6.76. The molecule has 0 spiro atoms. The van der Waals surface area contributed by atoms with Crippen LogP contribution in [0.3, 0.4) is 0 Å². The van der Waals surface area contributed by atoms with Gasteiger partial charge in [0.05, 0.1) is 6.20 Å². The van der Waals surface area contributed by atoms with Crippen molar-refractivity contribution in [3.05, 3.63) is 41.9 Å². The number of hydrogen-bond donors (Lipinski definition) is 1. The normalized spacial score (nSPS) is 17.0. The van der Waals surface area contributed by atoms with Gasteiger partial charge in [-0.3, -0.25) is 4.90 Å². The van der Waals surface area contributed by atoms with Crippen molar-refractivity contribution in [3.8, 4) is 11.5 Å². The lowest BCUT2D eigenvalue weighted by Crippen LogP contribution is -2.41. The SMILES string of the molecule is CCCN(CCC)[C@H]1Cc2c[nH]c3ccc(-c4ncco4)c(c23)C1. The van der Waals surface area contributed by atoms with E-state index < -0.39 is 0 Å². The molecule has 1 atom stereocenters. The Bertz CT molecular complexity index is 813. The van der Waals surface area contributed by atoms with E-state index in [2.05, 4.69) is 47.0 Å². The number of hydrogen-bond acceptors (Lipinski definition) is 3. The fourth-order valence-corrected chi connectivity index (χ4v) is 4.17. The van der Waals surface area contributed by atoms with Crippen molar-refractivity contribution in [3.63, 3.8) is 0 Å². The van der Waals surface area contributed by atoms with E-state index in [4.69, 9.17) is 4.42 Å². The maximum absolute atomic E-state index is 5.61. The molecule has 4 heteroatoms. The molecular weight excluding hydrogens is 298 g/mol. The number of oxazole rings is 1. The van der Waals surface area contributed by atoms with E-state index in [0.29, 0.717) is 6.04 Å². The summed E-state index contributed by atoms with van der Waals surface area (Å²) < 4.78 is 5.61. The van der Waals surface area contributed by atoms with Crippen molar-refractivity contribution in [1.29, 1.82) is 0 Å². The van der Waals surface area contributed by atoms with Gasteiger partial charge in [0.25, 0.3) is 0 Å². The van der Waals surface area contributed by atoms with Gasteiger partial charge in [-0.05, 0) is 62.0 Å². The highest BCUT2D eigenvalue weighted by molar-refractivity contribution is 5.92. The smallest absolute Gasteiger partial charge is 0.226 e. The molecule has 126 valence electrons. The van der Waals surface area contributed by atoms with E-state index >= 15 is 0 Å². The van der Waals surface area contributed by atoms with Gasteiger partial charge in [0.15, 0.2) is 0 Å². The van der Waals surface area contributed by atoms with Gasteiger partial charge in [-0.15, -0.1) is 0 Å². The molecule has 0 aliphatic heterocycles. The molecular formula is C20H25N3O. The van der Waals surface area contributed by atoms with Gasteiger partial charge < -0.3 is 9.40 Å². The summed E-state index contributed by atoms with van der Waals surface area (Å²) >= 11 is 0. The van der Waals surface area contributed by atoms with Crippen LogP contribution in [-0.4, -0.2) is 34.0 Å². The van der Waals surface area contributed by atoms with Gasteiger partial charge in [0, 0.05) is 28.7 Å². The third-order valence-corrected chi connectivity index (χ3v) is 5.13. The van der Waals surface area contributed by atoms with Crippen molar-refractivity contribution in [1.82, 2.24) is 14.9 Å². The lowest BCUT2D eigenvalue weighted by atomic mass is 9.85. The predicted octanol–water partition coefficient (Wildman–Crippen LogP) is 4.41. The van der Waals surface area contributed by atoms with Gasteiger partial charge in [0.1, 0.15) is 6.26 Å². The summed E-state index contributed by atoms with van der Waals surface area (Å²) in [7, 11) is 0. The van der Waals surface area contributed by atoms with Crippen LogP contribution in [0.2, 0.25) is 0 Å². The quantitative estimate of drug-likeness (QED) is 0.730. The molecule has 2 aromatic heterocycles. The van der Waals surface area contributed by atoms with Crippen molar-refractivity contribution >= 4 is 10.9 Å². The van der Waals surface area contributed by atoms with E-state index in [0.717, 1.165) is 24.3 Å². The maximum atomic E-state index is 5.61. The summed E-state index contributed by atoms with van der Waals surface area (Å²) in [6.07, 6.45) is 10.2. The summed E-state index contributed by atoms with van der Waals surface area (Å²) in [4.78, 5) is 10.5. The van der Waals surface area contributed by atoms with Crippen LogP contribution < -0.4 is 0 Å². The number of nitrogens with zero attached hydrogens (tertiary/aromatic N) is 2. The van der Waals surface area contributed by atoms with Crippen LogP contribution in [0.4, 0.5) is 0 Å². The molecule has 1 aromatic carbocycles. The minimum absolute atomic E-state index is 0.563. The summed E-state index contributed by atoms with van der Waals surface area (Å²) in [5, 5.41) is 1.38. The molecule has 0 radical (unpaired) electrons. The van der Waals surface area contributed by atoms with Crippen LogP contribution in [0.1, 0.15) is 37.8 Å². The van der Waals surface area contributed by atoms with Crippen molar-refractivity contribution in [2.45, 2.75) is 45.6 Å². The minimum Gasteiger partial charge on any atom is -0.445 e. The Balaban J connectivity index is 1.78. The zero-order valence-electron chi connectivity index (χ0n) is 14.5. The first-order valence-electron chi connectivity index (χ1n) is 9.07. The average Bonchev–Trinajstić information content (AvgIpc) is 3.26. The van der Waals surface area contributed by atoms with Crippen LogP contribution in [-0.2, 0) is 12.8 Å². The highest BCUT2D eigenvalue weighted by Gasteiger charge is 2.28. The Labute approximate surface area is 142 Å². The van der Waals surface area contributed by atoms with Crippen LogP contribution in [0.25, 0.3) is 22.4 Å². The van der Waals surface area contributed by atoms with Gasteiger partial charge in [-0.2, -0.15) is 0 Å². The van der Waals surface area contributed by atoms with Gasteiger partial charge in [-0.25, -0.2) is 4.98 Å². The van der Waals surface area contributed by atoms with E-state index in [-0.39, 0.29) is 0 Å². The zero-order valence-corrected chi connectivity index (χ0v) is 14.5. The van der Waals surface area contributed by atoms with Crippen LogP contribution in [0, 0.1) is 0 Å². The van der Waals surface area contributed by atoms with Crippen molar-refractivity contribution in [2.75, 3.05) is 13.1 Å². The molecule has 2 heterocycles. The Morgan fingerprint density at radius 1 is 1.21 bits per heavy atom. The molecule has 0 saturated heterocycles. The molecule has 0 bridgehead atoms. The Kier molecular flexibility index (Phi) is 4.15. The Morgan fingerprint density at radius 3 is 2.75 bits per heavy atom. The summed E-state index contributed by atoms with van der Waals surface area (Å²) in [5.41, 5.74) is 5.19. The number of aromatic amines is 1. The van der Waals surface area contributed by atoms with Crippen LogP contribution in [0.15, 0.2) is 35.2 Å². The van der Waals surface area contributed by atoms with Gasteiger partial charge in [-0.1, -0.05) is 13.8 Å². The van der Waals surface area contributed by atoms with E-state index in [1.165, 1.54) is 48.0 Å². The number of H-pyrrole nitrogens is 1. The number of nitrogens with one attached hydrogen (secondary N) is 1. The standard InChI is InChI=1S/C20H25N3O/c1-3-8-23(9-4-2)15-11-14-13-22-18-6-5-16(17(12-15)19(14)18)20-21-7-10-24-20/h5-7,10,13,15,22H,3-4,8-9,11-12H2,1-2H3/t15-/m0/s1. The highest BCUT2D eigenvalue weighted by atomic mass is 16.3. The summed E-state index contributed by atoms with van der Waals surface area (Å²) in [6.45, 7) is 6.88. The molecule has 3 aromatic rings. The van der Waals surface area contributed by atoms with E-state index in [1.54, 1.807) is 12.5 Å². The lowest BCUT2D eigenvalue weighted by Gasteiger charge is -2.34. The topological polar surface area (TPSA) is 45.1 Å². The molecule has 1 aliphatic rings. The number of rotatable bonds is 6. The third-order valence-electron chi connectivity index (χ3n) is 5.13. The molecule has 4 rings (SSSR count). The molecule has 24 heavy (non-hydrogen) atoms. The molecule has 1 N–H and O–H groups in total. The first kappa shape index (κ1) is 15.5. The maximum Gasteiger partial charge on any atom is 0.226 e. The minimum atomic E-state index is 0.563. The molecule has 0 amide bonds. The fraction of sp³-hybridized carbons (Fsp3) is 0.450. The number of aromatic nitrogens is 2. The zero-order chi connectivity index (χ0) is 16.5. The second kappa shape index (κ2) is 6.44. The predicted molar refractivity (Wildman–Crippen MR) is 97.1 cm³/mol. The van der Waals surface area contributed by atoms with Gasteiger partial charge >= 0.3 is 0 Å². The monoisotopic (exact) mass is 323 g/mol. The molecule has 0 unspecified atom stereocenters.